The molecule has 2 rings (SSSR count). The first kappa shape index (κ1) is 13.5. The average molecular weight is 323 g/mol. The average Bonchev–Trinajstić information content (AvgIpc) is 2.38. The normalized spacial score (nSPS) is 10.4. The number of carboxylic acid groups (broad SMARTS) is 1. The van der Waals surface area contributed by atoms with Gasteiger partial charge in [-0.1, -0.05) is 28.1 Å². The fourth-order valence-electron chi connectivity index (χ4n) is 1.60. The number of aromatic nitrogens is 2. The molecular weight excluding hydrogens is 312 g/mol. The second-order valence-electron chi connectivity index (χ2n) is 3.99. The van der Waals surface area contributed by atoms with E-state index in [1.807, 2.05) is 24.3 Å². The molecule has 6 heteroatoms. The van der Waals surface area contributed by atoms with Crippen LogP contribution in [0.1, 0.15) is 12.0 Å². The van der Waals surface area contributed by atoms with Gasteiger partial charge in [0.2, 0.25) is 0 Å². The lowest BCUT2D eigenvalue weighted by atomic mass is 10.1. The maximum atomic E-state index is 11.8. The van der Waals surface area contributed by atoms with Gasteiger partial charge in [0.25, 0.3) is 5.56 Å². The van der Waals surface area contributed by atoms with Crippen molar-refractivity contribution in [2.45, 2.75) is 12.8 Å². The van der Waals surface area contributed by atoms with E-state index in [1.165, 1.54) is 6.20 Å². The van der Waals surface area contributed by atoms with Crippen LogP contribution in [0.5, 0.6) is 0 Å². The molecule has 0 bridgehead atoms. The number of hydrogen-bond donors (Lipinski definition) is 2. The van der Waals surface area contributed by atoms with Crippen molar-refractivity contribution in [3.05, 3.63) is 50.9 Å². The molecule has 1 heterocycles. The van der Waals surface area contributed by atoms with E-state index in [4.69, 9.17) is 5.11 Å². The Balaban J connectivity index is 2.26. The van der Waals surface area contributed by atoms with Crippen molar-refractivity contribution >= 4 is 21.9 Å². The van der Waals surface area contributed by atoms with Crippen LogP contribution < -0.4 is 5.56 Å². The Morgan fingerprint density at radius 2 is 2.00 bits per heavy atom. The number of benzene rings is 1. The molecule has 0 aliphatic rings. The number of carboxylic acids is 1. The lowest BCUT2D eigenvalue weighted by molar-refractivity contribution is -0.136. The number of halogens is 1. The minimum atomic E-state index is -0.934. The van der Waals surface area contributed by atoms with Crippen LogP contribution in [-0.2, 0) is 11.2 Å². The summed E-state index contributed by atoms with van der Waals surface area (Å²) < 4.78 is 0.941. The van der Waals surface area contributed by atoms with E-state index in [2.05, 4.69) is 25.9 Å². The van der Waals surface area contributed by atoms with E-state index in [-0.39, 0.29) is 18.4 Å². The summed E-state index contributed by atoms with van der Waals surface area (Å²) in [7, 11) is 0. The van der Waals surface area contributed by atoms with Gasteiger partial charge in [-0.3, -0.25) is 9.59 Å². The van der Waals surface area contributed by atoms with Gasteiger partial charge in [0.05, 0.1) is 0 Å². The minimum absolute atomic E-state index is 0.0810. The lowest BCUT2D eigenvalue weighted by Crippen LogP contribution is -2.15. The summed E-state index contributed by atoms with van der Waals surface area (Å²) in [6.07, 6.45) is 1.53. The highest BCUT2D eigenvalue weighted by Gasteiger charge is 2.06. The lowest BCUT2D eigenvalue weighted by Gasteiger charge is -2.02. The second-order valence-corrected chi connectivity index (χ2v) is 4.90. The molecule has 0 saturated heterocycles. The molecule has 0 fully saturated rings. The molecule has 0 unspecified atom stereocenters. The maximum Gasteiger partial charge on any atom is 0.303 e. The molecule has 98 valence electrons. The molecule has 2 aromatic rings. The van der Waals surface area contributed by atoms with Gasteiger partial charge in [0.15, 0.2) is 0 Å². The van der Waals surface area contributed by atoms with Crippen molar-refractivity contribution in [2.24, 2.45) is 0 Å². The number of carbonyl (C=O) groups is 1. The molecule has 0 saturated carbocycles. The maximum absolute atomic E-state index is 11.8. The van der Waals surface area contributed by atoms with Crippen LogP contribution in [0.2, 0.25) is 0 Å². The Hall–Kier alpha value is -1.95. The van der Waals surface area contributed by atoms with E-state index < -0.39 is 5.97 Å². The molecule has 1 aromatic heterocycles. The molecule has 5 nitrogen and oxygen atoms in total. The first-order chi connectivity index (χ1) is 9.06. The van der Waals surface area contributed by atoms with Crippen LogP contribution in [0.25, 0.3) is 11.4 Å². The first-order valence-corrected chi connectivity index (χ1v) is 6.41. The Bertz CT molecular complexity index is 650. The summed E-state index contributed by atoms with van der Waals surface area (Å²) in [6, 6.07) is 7.37. The number of aromatic amines is 1. The fraction of sp³-hybridized carbons (Fsp3) is 0.154. The van der Waals surface area contributed by atoms with Gasteiger partial charge >= 0.3 is 5.97 Å². The van der Waals surface area contributed by atoms with Crippen LogP contribution in [0.4, 0.5) is 0 Å². The highest BCUT2D eigenvalue weighted by atomic mass is 79.9. The predicted octanol–water partition coefficient (Wildman–Crippen LogP) is 2.22. The van der Waals surface area contributed by atoms with Crippen LogP contribution in [0.15, 0.2) is 39.7 Å². The zero-order valence-corrected chi connectivity index (χ0v) is 11.5. The molecule has 0 radical (unpaired) electrons. The van der Waals surface area contributed by atoms with Crippen LogP contribution >= 0.6 is 15.9 Å². The highest BCUT2D eigenvalue weighted by molar-refractivity contribution is 9.10. The number of nitrogens with zero attached hydrogens (tertiary/aromatic N) is 1. The number of H-pyrrole nitrogens is 1. The second kappa shape index (κ2) is 5.79. The zero-order valence-electron chi connectivity index (χ0n) is 9.89. The van der Waals surface area contributed by atoms with Crippen LogP contribution in [-0.4, -0.2) is 21.0 Å². The van der Waals surface area contributed by atoms with E-state index in [0.29, 0.717) is 11.4 Å². The molecule has 0 aliphatic heterocycles. The highest BCUT2D eigenvalue weighted by Crippen LogP contribution is 2.17. The Morgan fingerprint density at radius 1 is 1.32 bits per heavy atom. The van der Waals surface area contributed by atoms with Gasteiger partial charge in [0.1, 0.15) is 5.82 Å². The Morgan fingerprint density at radius 3 is 2.58 bits per heavy atom. The quantitative estimate of drug-likeness (QED) is 0.904. The van der Waals surface area contributed by atoms with Crippen LogP contribution in [0, 0.1) is 0 Å². The summed E-state index contributed by atoms with van der Waals surface area (Å²) >= 11 is 3.33. The molecule has 0 amide bonds. The van der Waals surface area contributed by atoms with E-state index in [1.54, 1.807) is 0 Å². The van der Waals surface area contributed by atoms with Crippen molar-refractivity contribution in [3.63, 3.8) is 0 Å². The van der Waals surface area contributed by atoms with Gasteiger partial charge in [-0.15, -0.1) is 0 Å². The Kier molecular flexibility index (Phi) is 4.11. The summed E-state index contributed by atoms with van der Waals surface area (Å²) in [5, 5.41) is 8.59. The van der Waals surface area contributed by atoms with Gasteiger partial charge in [-0.2, -0.15) is 0 Å². The molecule has 2 N–H and O–H groups in total. The summed E-state index contributed by atoms with van der Waals surface area (Å²) in [6.45, 7) is 0. The van der Waals surface area contributed by atoms with Crippen LogP contribution in [0.3, 0.4) is 0 Å². The largest absolute Gasteiger partial charge is 0.481 e. The monoisotopic (exact) mass is 322 g/mol. The van der Waals surface area contributed by atoms with Gasteiger partial charge in [0, 0.05) is 28.2 Å². The molecule has 19 heavy (non-hydrogen) atoms. The predicted molar refractivity (Wildman–Crippen MR) is 74.0 cm³/mol. The van der Waals surface area contributed by atoms with E-state index >= 15 is 0 Å². The first-order valence-electron chi connectivity index (χ1n) is 5.62. The van der Waals surface area contributed by atoms with E-state index in [9.17, 15) is 9.59 Å². The smallest absolute Gasteiger partial charge is 0.303 e. The van der Waals surface area contributed by atoms with Crippen molar-refractivity contribution in [1.29, 1.82) is 0 Å². The summed E-state index contributed by atoms with van der Waals surface area (Å²) in [4.78, 5) is 29.1. The molecule has 0 aliphatic carbocycles. The van der Waals surface area contributed by atoms with Gasteiger partial charge in [-0.05, 0) is 18.6 Å². The summed E-state index contributed by atoms with van der Waals surface area (Å²) in [5.74, 6) is -0.465. The SMILES string of the molecule is O=C(O)CCc1cnc(-c2ccc(Br)cc2)[nH]c1=O. The zero-order chi connectivity index (χ0) is 13.8. The third kappa shape index (κ3) is 3.51. The standard InChI is InChI=1S/C13H11BrN2O3/c14-10-4-1-8(2-5-10)12-15-7-9(13(19)16-12)3-6-11(17)18/h1-2,4-5,7H,3,6H2,(H,17,18)(H,15,16,19). The van der Waals surface area contributed by atoms with Gasteiger partial charge in [-0.25, -0.2) is 4.98 Å². The summed E-state index contributed by atoms with van der Waals surface area (Å²) in [5.41, 5.74) is 0.877. The number of hydrogen-bond acceptors (Lipinski definition) is 3. The number of rotatable bonds is 4. The topological polar surface area (TPSA) is 83.0 Å². The number of aliphatic carboxylic acids is 1. The fourth-order valence-corrected chi connectivity index (χ4v) is 1.86. The van der Waals surface area contributed by atoms with Crippen molar-refractivity contribution in [2.75, 3.05) is 0 Å². The number of aryl methyl sites for hydroxylation is 1. The minimum Gasteiger partial charge on any atom is -0.481 e. The Labute approximate surface area is 117 Å². The molecule has 1 aromatic carbocycles. The third-order valence-corrected chi connectivity index (χ3v) is 3.13. The number of nitrogens with one attached hydrogen (secondary N) is 1. The molecule has 0 atom stereocenters. The van der Waals surface area contributed by atoms with Crippen molar-refractivity contribution in [1.82, 2.24) is 9.97 Å². The molecular formula is C13H11BrN2O3. The van der Waals surface area contributed by atoms with Crippen molar-refractivity contribution < 1.29 is 9.90 Å². The van der Waals surface area contributed by atoms with Gasteiger partial charge < -0.3 is 10.1 Å². The molecule has 0 spiro atoms. The van der Waals surface area contributed by atoms with Crippen molar-refractivity contribution in [3.8, 4) is 11.4 Å². The third-order valence-electron chi connectivity index (χ3n) is 2.60. The van der Waals surface area contributed by atoms with E-state index in [0.717, 1.165) is 10.0 Å².